The van der Waals surface area contributed by atoms with Crippen molar-refractivity contribution in [1.82, 2.24) is 4.90 Å². The van der Waals surface area contributed by atoms with Crippen molar-refractivity contribution in [3.63, 3.8) is 0 Å². The number of hydrogen-bond donors (Lipinski definition) is 0. The fourth-order valence-corrected chi connectivity index (χ4v) is 3.00. The third-order valence-corrected chi connectivity index (χ3v) is 4.36. The maximum atomic E-state index is 12.3. The Kier molecular flexibility index (Phi) is 3.96. The minimum atomic E-state index is -0.429. The van der Waals surface area contributed by atoms with Crippen LogP contribution in [0.2, 0.25) is 5.02 Å². The average molecular weight is 296 g/mol. The van der Waals surface area contributed by atoms with E-state index in [1.807, 2.05) is 29.2 Å². The summed E-state index contributed by atoms with van der Waals surface area (Å²) in [6.45, 7) is 2.69. The molecule has 0 saturated carbocycles. The molecular formula is C15H18ClNO3. The van der Waals surface area contributed by atoms with E-state index in [9.17, 15) is 4.79 Å². The van der Waals surface area contributed by atoms with Crippen molar-refractivity contribution in [1.29, 1.82) is 0 Å². The number of carbonyl (C=O) groups is 1. The van der Waals surface area contributed by atoms with Crippen LogP contribution in [0, 0.1) is 0 Å². The maximum absolute atomic E-state index is 12.3. The van der Waals surface area contributed by atoms with Crippen molar-refractivity contribution in [2.75, 3.05) is 26.3 Å². The summed E-state index contributed by atoms with van der Waals surface area (Å²) in [5.74, 6) is -0.313. The lowest BCUT2D eigenvalue weighted by Gasteiger charge is -2.37. The van der Waals surface area contributed by atoms with Gasteiger partial charge in [-0.3, -0.25) is 4.79 Å². The third-order valence-electron chi connectivity index (χ3n) is 3.99. The molecule has 0 bridgehead atoms. The monoisotopic (exact) mass is 295 g/mol. The minimum Gasteiger partial charge on any atom is -0.347 e. The van der Waals surface area contributed by atoms with Crippen molar-refractivity contribution < 1.29 is 14.3 Å². The molecule has 0 aliphatic carbocycles. The fourth-order valence-electron chi connectivity index (χ4n) is 2.80. The molecule has 20 heavy (non-hydrogen) atoms. The van der Waals surface area contributed by atoms with Crippen LogP contribution in [0.25, 0.3) is 0 Å². The van der Waals surface area contributed by atoms with Crippen LogP contribution in [0.15, 0.2) is 24.3 Å². The Balaban J connectivity index is 1.58. The average Bonchev–Trinajstić information content (AvgIpc) is 2.90. The van der Waals surface area contributed by atoms with E-state index in [2.05, 4.69) is 0 Å². The Hall–Kier alpha value is -1.10. The molecule has 2 aliphatic rings. The molecule has 0 aromatic heterocycles. The summed E-state index contributed by atoms with van der Waals surface area (Å²) in [5.41, 5.74) is 0.882. The Morgan fingerprint density at radius 2 is 1.85 bits per heavy atom. The second kappa shape index (κ2) is 5.72. The third kappa shape index (κ3) is 2.82. The highest BCUT2D eigenvalue weighted by Gasteiger charge is 2.40. The van der Waals surface area contributed by atoms with Crippen LogP contribution in [0.1, 0.15) is 18.4 Å². The van der Waals surface area contributed by atoms with Crippen LogP contribution in [0.3, 0.4) is 0 Å². The van der Waals surface area contributed by atoms with Crippen molar-refractivity contribution in [3.8, 4) is 0 Å². The van der Waals surface area contributed by atoms with E-state index < -0.39 is 5.79 Å². The summed E-state index contributed by atoms with van der Waals surface area (Å²) in [6.07, 6.45) is 1.86. The molecule has 2 aliphatic heterocycles. The molecule has 5 heteroatoms. The van der Waals surface area contributed by atoms with Gasteiger partial charge in [0.25, 0.3) is 0 Å². The normalized spacial score (nSPS) is 21.4. The Labute approximate surface area is 123 Å². The second-order valence-corrected chi connectivity index (χ2v) is 5.66. The van der Waals surface area contributed by atoms with E-state index in [1.165, 1.54) is 0 Å². The van der Waals surface area contributed by atoms with Gasteiger partial charge in [0.15, 0.2) is 5.79 Å². The van der Waals surface area contributed by atoms with Gasteiger partial charge in [-0.1, -0.05) is 29.8 Å². The summed E-state index contributed by atoms with van der Waals surface area (Å²) in [5, 5.41) is 0.650. The number of likely N-dealkylation sites (tertiary alicyclic amines) is 1. The number of carbonyl (C=O) groups excluding carboxylic acids is 1. The number of nitrogens with zero attached hydrogens (tertiary/aromatic N) is 1. The van der Waals surface area contributed by atoms with Crippen LogP contribution < -0.4 is 0 Å². The van der Waals surface area contributed by atoms with E-state index in [-0.39, 0.29) is 5.91 Å². The molecule has 1 aromatic rings. The summed E-state index contributed by atoms with van der Waals surface area (Å²) in [6, 6.07) is 7.49. The first-order chi connectivity index (χ1) is 9.69. The van der Waals surface area contributed by atoms with Gasteiger partial charge in [-0.2, -0.15) is 0 Å². The van der Waals surface area contributed by atoms with Gasteiger partial charge in [-0.15, -0.1) is 0 Å². The number of piperidine rings is 1. The number of rotatable bonds is 2. The smallest absolute Gasteiger partial charge is 0.227 e. The molecule has 1 aromatic carbocycles. The van der Waals surface area contributed by atoms with Gasteiger partial charge in [0, 0.05) is 31.0 Å². The number of ether oxygens (including phenoxy) is 2. The highest BCUT2D eigenvalue weighted by atomic mass is 35.5. The molecule has 0 unspecified atom stereocenters. The molecule has 2 heterocycles. The van der Waals surface area contributed by atoms with Gasteiger partial charge < -0.3 is 14.4 Å². The highest BCUT2D eigenvalue weighted by molar-refractivity contribution is 6.31. The van der Waals surface area contributed by atoms with Gasteiger partial charge in [-0.25, -0.2) is 0 Å². The first kappa shape index (κ1) is 13.9. The zero-order valence-electron chi connectivity index (χ0n) is 11.3. The Morgan fingerprint density at radius 3 is 2.50 bits per heavy atom. The summed E-state index contributed by atoms with van der Waals surface area (Å²) in [7, 11) is 0. The molecule has 1 spiro atoms. The SMILES string of the molecule is O=C(Cc1ccccc1Cl)N1CCC2(CC1)OCCO2. The Morgan fingerprint density at radius 1 is 1.20 bits per heavy atom. The van der Waals surface area contributed by atoms with Crippen LogP contribution in [0.5, 0.6) is 0 Å². The predicted molar refractivity (Wildman–Crippen MR) is 75.6 cm³/mol. The summed E-state index contributed by atoms with van der Waals surface area (Å²) in [4.78, 5) is 14.2. The zero-order valence-corrected chi connectivity index (χ0v) is 12.1. The quantitative estimate of drug-likeness (QED) is 0.840. The van der Waals surface area contributed by atoms with Crippen LogP contribution in [0.4, 0.5) is 0 Å². The lowest BCUT2D eigenvalue weighted by molar-refractivity contribution is -0.187. The Bertz CT molecular complexity index is 490. The van der Waals surface area contributed by atoms with Crippen LogP contribution >= 0.6 is 11.6 Å². The number of hydrogen-bond acceptors (Lipinski definition) is 3. The van der Waals surface area contributed by atoms with E-state index in [1.54, 1.807) is 0 Å². The van der Waals surface area contributed by atoms with Crippen molar-refractivity contribution >= 4 is 17.5 Å². The minimum absolute atomic E-state index is 0.117. The number of benzene rings is 1. The predicted octanol–water partition coefficient (Wildman–Crippen LogP) is 2.25. The molecule has 0 N–H and O–H groups in total. The molecule has 0 atom stereocenters. The van der Waals surface area contributed by atoms with Crippen molar-refractivity contribution in [2.45, 2.75) is 25.0 Å². The van der Waals surface area contributed by atoms with Gasteiger partial charge in [0.2, 0.25) is 5.91 Å². The molecule has 108 valence electrons. The number of halogens is 1. The summed E-state index contributed by atoms with van der Waals surface area (Å²) < 4.78 is 11.3. The second-order valence-electron chi connectivity index (χ2n) is 5.26. The molecular weight excluding hydrogens is 278 g/mol. The lowest BCUT2D eigenvalue weighted by atomic mass is 10.0. The van der Waals surface area contributed by atoms with Crippen LogP contribution in [-0.2, 0) is 20.7 Å². The van der Waals surface area contributed by atoms with Gasteiger partial charge in [0.05, 0.1) is 19.6 Å². The molecule has 1 amide bonds. The maximum Gasteiger partial charge on any atom is 0.227 e. The van der Waals surface area contributed by atoms with Gasteiger partial charge in [-0.05, 0) is 11.6 Å². The molecule has 2 saturated heterocycles. The van der Waals surface area contributed by atoms with Crippen molar-refractivity contribution in [2.24, 2.45) is 0 Å². The van der Waals surface area contributed by atoms with Crippen LogP contribution in [-0.4, -0.2) is 42.9 Å². The zero-order chi connectivity index (χ0) is 14.0. The summed E-state index contributed by atoms with van der Waals surface area (Å²) >= 11 is 6.09. The van der Waals surface area contributed by atoms with Gasteiger partial charge >= 0.3 is 0 Å². The largest absolute Gasteiger partial charge is 0.347 e. The first-order valence-corrected chi connectivity index (χ1v) is 7.35. The lowest BCUT2D eigenvalue weighted by Crippen LogP contribution is -2.47. The van der Waals surface area contributed by atoms with E-state index in [0.717, 1.165) is 18.4 Å². The topological polar surface area (TPSA) is 38.8 Å². The molecule has 0 radical (unpaired) electrons. The molecule has 4 nitrogen and oxygen atoms in total. The van der Waals surface area contributed by atoms with E-state index in [0.29, 0.717) is 37.7 Å². The van der Waals surface area contributed by atoms with E-state index in [4.69, 9.17) is 21.1 Å². The number of amides is 1. The standard InChI is InChI=1S/C15H18ClNO3/c16-13-4-2-1-3-12(13)11-14(18)17-7-5-15(6-8-17)19-9-10-20-15/h1-4H,5-11H2. The fraction of sp³-hybridized carbons (Fsp3) is 0.533. The van der Waals surface area contributed by atoms with Gasteiger partial charge in [0.1, 0.15) is 0 Å². The van der Waals surface area contributed by atoms with E-state index >= 15 is 0 Å². The first-order valence-electron chi connectivity index (χ1n) is 6.98. The highest BCUT2D eigenvalue weighted by Crippen LogP contribution is 2.31. The molecule has 3 rings (SSSR count). The molecule has 2 fully saturated rings. The van der Waals surface area contributed by atoms with Crippen molar-refractivity contribution in [3.05, 3.63) is 34.9 Å².